The van der Waals surface area contributed by atoms with Crippen molar-refractivity contribution >= 4 is 46.4 Å². The summed E-state index contributed by atoms with van der Waals surface area (Å²) < 4.78 is -1.04. The molecule has 0 aromatic heterocycles. The molecular formula is C14H13ClN4O2S. The Labute approximate surface area is 136 Å². The van der Waals surface area contributed by atoms with Crippen LogP contribution in [0.5, 0.6) is 0 Å². The van der Waals surface area contributed by atoms with Gasteiger partial charge >= 0.3 is 0 Å². The molecule has 1 aromatic carbocycles. The van der Waals surface area contributed by atoms with Crippen molar-refractivity contribution in [1.29, 1.82) is 0 Å². The third-order valence-electron chi connectivity index (χ3n) is 3.52. The van der Waals surface area contributed by atoms with Crippen LogP contribution in [0.1, 0.15) is 24.8 Å². The lowest BCUT2D eigenvalue weighted by Crippen LogP contribution is -2.51. The molecule has 1 amide bonds. The van der Waals surface area contributed by atoms with Crippen LogP contribution in [0.25, 0.3) is 0 Å². The smallest absolute Gasteiger partial charge is 0.264 e. The first kappa shape index (κ1) is 15.1. The second-order valence-corrected chi connectivity index (χ2v) is 6.71. The fraction of sp³-hybridized carbons (Fsp3) is 0.286. The lowest BCUT2D eigenvalue weighted by atomic mass is 10.1. The number of hydrogen-bond donors (Lipinski definition) is 2. The number of Topliss-reactive ketones (excluding diaryl/α,β-unsaturated/α-hetero) is 1. The van der Waals surface area contributed by atoms with E-state index in [1.54, 1.807) is 18.3 Å². The van der Waals surface area contributed by atoms with Gasteiger partial charge in [-0.15, -0.1) is 5.10 Å². The highest BCUT2D eigenvalue weighted by molar-refractivity contribution is 8.16. The Morgan fingerprint density at radius 3 is 2.82 bits per heavy atom. The van der Waals surface area contributed by atoms with Crippen LogP contribution in [-0.4, -0.2) is 27.8 Å². The molecule has 0 radical (unpaired) electrons. The second kappa shape index (κ2) is 6.10. The largest absolute Gasteiger partial charge is 0.298 e. The number of hydrogen-bond acceptors (Lipinski definition) is 6. The van der Waals surface area contributed by atoms with Gasteiger partial charge in [0, 0.05) is 11.4 Å². The van der Waals surface area contributed by atoms with E-state index in [1.165, 1.54) is 0 Å². The van der Waals surface area contributed by atoms with E-state index < -0.39 is 4.75 Å². The predicted molar refractivity (Wildman–Crippen MR) is 86.9 cm³/mol. The predicted octanol–water partition coefficient (Wildman–Crippen LogP) is 1.89. The summed E-state index contributed by atoms with van der Waals surface area (Å²) in [5, 5.41) is 9.02. The summed E-state index contributed by atoms with van der Waals surface area (Å²) in [6, 6.07) is 7.19. The maximum atomic E-state index is 12.0. The summed E-state index contributed by atoms with van der Waals surface area (Å²) in [4.78, 5) is 24.0. The van der Waals surface area contributed by atoms with Crippen LogP contribution in [0.15, 0.2) is 34.5 Å². The van der Waals surface area contributed by atoms with Crippen molar-refractivity contribution in [2.24, 2.45) is 10.2 Å². The van der Waals surface area contributed by atoms with E-state index in [-0.39, 0.29) is 11.7 Å². The van der Waals surface area contributed by atoms with Crippen molar-refractivity contribution in [3.05, 3.63) is 34.9 Å². The number of halogens is 1. The molecule has 0 bridgehead atoms. The first-order valence-electron chi connectivity index (χ1n) is 6.75. The SMILES string of the molecule is O=C1CCCC12SC(N/N=C\c1ccc(Cl)cc1)=NNC2=O. The van der Waals surface area contributed by atoms with Gasteiger partial charge in [0.15, 0.2) is 10.5 Å². The van der Waals surface area contributed by atoms with Crippen LogP contribution in [0.3, 0.4) is 0 Å². The van der Waals surface area contributed by atoms with Gasteiger partial charge in [0.2, 0.25) is 5.17 Å². The lowest BCUT2D eigenvalue weighted by Gasteiger charge is -2.27. The van der Waals surface area contributed by atoms with Crippen LogP contribution in [0.2, 0.25) is 5.02 Å². The summed E-state index contributed by atoms with van der Waals surface area (Å²) in [6.45, 7) is 0. The maximum Gasteiger partial charge on any atom is 0.264 e. The molecule has 2 N–H and O–H groups in total. The van der Waals surface area contributed by atoms with Gasteiger partial charge in [0.25, 0.3) is 5.91 Å². The van der Waals surface area contributed by atoms with E-state index in [9.17, 15) is 9.59 Å². The molecule has 1 fully saturated rings. The van der Waals surface area contributed by atoms with Crippen LogP contribution < -0.4 is 10.9 Å². The first-order chi connectivity index (χ1) is 10.6. The van der Waals surface area contributed by atoms with E-state index in [1.807, 2.05) is 12.1 Å². The van der Waals surface area contributed by atoms with Crippen molar-refractivity contribution in [3.8, 4) is 0 Å². The number of nitrogens with zero attached hydrogens (tertiary/aromatic N) is 2. The Bertz CT molecular complexity index is 674. The second-order valence-electron chi connectivity index (χ2n) is 4.99. The summed E-state index contributed by atoms with van der Waals surface area (Å²) in [5.41, 5.74) is 6.03. The molecule has 1 aliphatic carbocycles. The Balaban J connectivity index is 1.67. The number of carbonyl (C=O) groups is 2. The molecule has 1 aromatic rings. The van der Waals surface area contributed by atoms with Crippen molar-refractivity contribution in [1.82, 2.24) is 10.9 Å². The fourth-order valence-electron chi connectivity index (χ4n) is 2.37. The van der Waals surface area contributed by atoms with Gasteiger partial charge in [-0.2, -0.15) is 5.10 Å². The molecule has 1 aliphatic heterocycles. The molecular weight excluding hydrogens is 324 g/mol. The number of rotatable bonds is 2. The number of amides is 1. The molecule has 2 aliphatic rings. The van der Waals surface area contributed by atoms with Crippen LogP contribution >= 0.6 is 23.4 Å². The minimum absolute atomic E-state index is 0.0501. The average Bonchev–Trinajstić information content (AvgIpc) is 2.87. The Morgan fingerprint density at radius 2 is 2.14 bits per heavy atom. The van der Waals surface area contributed by atoms with E-state index >= 15 is 0 Å². The number of amidine groups is 1. The van der Waals surface area contributed by atoms with Gasteiger partial charge in [-0.1, -0.05) is 35.5 Å². The molecule has 1 unspecified atom stereocenters. The number of nitrogens with one attached hydrogen (secondary N) is 2. The molecule has 0 saturated heterocycles. The number of carbonyl (C=O) groups excluding carboxylic acids is 2. The number of benzene rings is 1. The average molecular weight is 337 g/mol. The van der Waals surface area contributed by atoms with E-state index in [2.05, 4.69) is 21.1 Å². The third-order valence-corrected chi connectivity index (χ3v) is 5.12. The van der Waals surface area contributed by atoms with E-state index in [4.69, 9.17) is 11.6 Å². The zero-order chi connectivity index (χ0) is 15.6. The standard InChI is InChI=1S/C14H13ClN4O2S/c15-10-5-3-9(4-6-10)8-16-18-13-19-17-12(21)14(22-13)7-1-2-11(14)20/h3-6,8H,1-2,7H2,(H,17,21)(H,18,19)/b16-8-. The van der Waals surface area contributed by atoms with Gasteiger partial charge in [0.1, 0.15) is 0 Å². The quantitative estimate of drug-likeness (QED) is 0.491. The highest BCUT2D eigenvalue weighted by Crippen LogP contribution is 2.40. The van der Waals surface area contributed by atoms with E-state index in [0.717, 1.165) is 23.7 Å². The van der Waals surface area contributed by atoms with E-state index in [0.29, 0.717) is 23.0 Å². The zero-order valence-electron chi connectivity index (χ0n) is 11.5. The van der Waals surface area contributed by atoms with Crippen molar-refractivity contribution < 1.29 is 9.59 Å². The molecule has 1 saturated carbocycles. The highest BCUT2D eigenvalue weighted by atomic mass is 35.5. The topological polar surface area (TPSA) is 82.9 Å². The molecule has 114 valence electrons. The molecule has 1 atom stereocenters. The monoisotopic (exact) mass is 336 g/mol. The number of thioether (sulfide) groups is 1. The van der Waals surface area contributed by atoms with Gasteiger partial charge in [0.05, 0.1) is 6.21 Å². The lowest BCUT2D eigenvalue weighted by molar-refractivity contribution is -0.130. The summed E-state index contributed by atoms with van der Waals surface area (Å²) >= 11 is 6.95. The third kappa shape index (κ3) is 2.86. The first-order valence-corrected chi connectivity index (χ1v) is 7.95. The van der Waals surface area contributed by atoms with Crippen molar-refractivity contribution in [2.75, 3.05) is 0 Å². The normalized spacial score (nSPS) is 24.7. The molecule has 22 heavy (non-hydrogen) atoms. The summed E-state index contributed by atoms with van der Waals surface area (Å²) in [5.74, 6) is -0.391. The Hall–Kier alpha value is -1.86. The van der Waals surface area contributed by atoms with Crippen molar-refractivity contribution in [3.63, 3.8) is 0 Å². The zero-order valence-corrected chi connectivity index (χ0v) is 13.1. The molecule has 8 heteroatoms. The van der Waals surface area contributed by atoms with Gasteiger partial charge in [-0.25, -0.2) is 5.43 Å². The maximum absolute atomic E-state index is 12.0. The van der Waals surface area contributed by atoms with Gasteiger partial charge in [-0.05, 0) is 30.5 Å². The molecule has 6 nitrogen and oxygen atoms in total. The molecule has 1 spiro atoms. The fourth-order valence-corrected chi connectivity index (χ4v) is 3.62. The van der Waals surface area contributed by atoms with Crippen molar-refractivity contribution in [2.45, 2.75) is 24.0 Å². The van der Waals surface area contributed by atoms with Crippen LogP contribution in [-0.2, 0) is 9.59 Å². The minimum atomic E-state index is -1.04. The summed E-state index contributed by atoms with van der Waals surface area (Å²) in [6.07, 6.45) is 3.30. The molecule has 3 rings (SSSR count). The van der Waals surface area contributed by atoms with Gasteiger partial charge in [-0.3, -0.25) is 15.0 Å². The number of hydrazone groups is 2. The van der Waals surface area contributed by atoms with Crippen LogP contribution in [0, 0.1) is 0 Å². The Kier molecular flexibility index (Phi) is 4.17. The summed E-state index contributed by atoms with van der Waals surface area (Å²) in [7, 11) is 0. The van der Waals surface area contributed by atoms with Gasteiger partial charge < -0.3 is 0 Å². The Morgan fingerprint density at radius 1 is 1.36 bits per heavy atom. The number of ketones is 1. The molecule has 1 heterocycles. The highest BCUT2D eigenvalue weighted by Gasteiger charge is 2.52. The van der Waals surface area contributed by atoms with Crippen LogP contribution in [0.4, 0.5) is 0 Å². The minimum Gasteiger partial charge on any atom is -0.298 e.